The third-order valence-corrected chi connectivity index (χ3v) is 3.68. The van der Waals surface area contributed by atoms with Gasteiger partial charge in [0.2, 0.25) is 0 Å². The summed E-state index contributed by atoms with van der Waals surface area (Å²) in [6.07, 6.45) is 2.30. The number of amides is 2. The van der Waals surface area contributed by atoms with Gasteiger partial charge in [0.25, 0.3) is 0 Å². The molecule has 1 aliphatic heterocycles. The molecule has 1 heterocycles. The fourth-order valence-electron chi connectivity index (χ4n) is 2.30. The summed E-state index contributed by atoms with van der Waals surface area (Å²) in [6, 6.07) is 6.94. The van der Waals surface area contributed by atoms with Gasteiger partial charge in [-0.1, -0.05) is 24.6 Å². The van der Waals surface area contributed by atoms with E-state index in [0.717, 1.165) is 25.9 Å². The molecule has 4 nitrogen and oxygen atoms in total. The molecule has 0 saturated carbocycles. The van der Waals surface area contributed by atoms with Crippen molar-refractivity contribution in [3.63, 3.8) is 0 Å². The summed E-state index contributed by atoms with van der Waals surface area (Å²) >= 11 is 5.87. The average Bonchev–Trinajstić information content (AvgIpc) is 2.38. The quantitative estimate of drug-likeness (QED) is 0.798. The minimum atomic E-state index is -0.186. The first-order valence-corrected chi connectivity index (χ1v) is 6.96. The molecule has 1 atom stereocenters. The van der Waals surface area contributed by atoms with Gasteiger partial charge >= 0.3 is 6.03 Å². The Labute approximate surface area is 118 Å². The lowest BCUT2D eigenvalue weighted by atomic mass is 9.83. The minimum Gasteiger partial charge on any atom is -0.337 e. The second kappa shape index (κ2) is 6.26. The van der Waals surface area contributed by atoms with Gasteiger partial charge in [0.1, 0.15) is 0 Å². The van der Waals surface area contributed by atoms with Crippen LogP contribution in [0.5, 0.6) is 0 Å². The van der Waals surface area contributed by atoms with E-state index in [4.69, 9.17) is 11.6 Å². The summed E-state index contributed by atoms with van der Waals surface area (Å²) in [5, 5.41) is 9.69. The van der Waals surface area contributed by atoms with Crippen LogP contribution in [0.15, 0.2) is 24.3 Å². The van der Waals surface area contributed by atoms with E-state index in [2.05, 4.69) is 22.9 Å². The summed E-state index contributed by atoms with van der Waals surface area (Å²) < 4.78 is 0. The van der Waals surface area contributed by atoms with Crippen LogP contribution in [0.1, 0.15) is 19.8 Å². The molecule has 0 aromatic heterocycles. The van der Waals surface area contributed by atoms with Gasteiger partial charge in [0.05, 0.1) is 0 Å². The molecule has 5 heteroatoms. The largest absolute Gasteiger partial charge is 0.337 e. The lowest BCUT2D eigenvalue weighted by Gasteiger charge is -2.34. The van der Waals surface area contributed by atoms with Crippen molar-refractivity contribution in [3.8, 4) is 0 Å². The van der Waals surface area contributed by atoms with E-state index in [-0.39, 0.29) is 11.4 Å². The van der Waals surface area contributed by atoms with Gasteiger partial charge in [-0.3, -0.25) is 0 Å². The van der Waals surface area contributed by atoms with Crippen LogP contribution < -0.4 is 16.0 Å². The van der Waals surface area contributed by atoms with Gasteiger partial charge in [0, 0.05) is 23.8 Å². The van der Waals surface area contributed by atoms with Gasteiger partial charge < -0.3 is 16.0 Å². The van der Waals surface area contributed by atoms with E-state index in [1.54, 1.807) is 12.1 Å². The molecule has 0 aliphatic carbocycles. The molecule has 0 spiro atoms. The molecule has 3 N–H and O–H groups in total. The molecular formula is C14H20ClN3O. The van der Waals surface area contributed by atoms with Crippen molar-refractivity contribution in [1.82, 2.24) is 10.6 Å². The van der Waals surface area contributed by atoms with Crippen molar-refractivity contribution in [2.45, 2.75) is 19.8 Å². The molecule has 1 aliphatic rings. The van der Waals surface area contributed by atoms with Crippen molar-refractivity contribution in [2.75, 3.05) is 25.0 Å². The molecular weight excluding hydrogens is 262 g/mol. The predicted molar refractivity (Wildman–Crippen MR) is 78.7 cm³/mol. The number of hydrogen-bond acceptors (Lipinski definition) is 2. The topological polar surface area (TPSA) is 53.2 Å². The molecule has 0 bridgehead atoms. The molecule has 2 amide bonds. The van der Waals surface area contributed by atoms with E-state index in [0.29, 0.717) is 17.3 Å². The first-order chi connectivity index (χ1) is 9.07. The first kappa shape index (κ1) is 14.2. The van der Waals surface area contributed by atoms with E-state index < -0.39 is 0 Å². The standard InChI is InChI=1S/C14H20ClN3O/c1-14(6-3-7-16-9-14)10-17-13(19)18-12-5-2-4-11(15)8-12/h2,4-5,8,16H,3,6-7,9-10H2,1H3,(H2,17,18,19). The highest BCUT2D eigenvalue weighted by Gasteiger charge is 2.26. The Bertz CT molecular complexity index is 444. The van der Waals surface area contributed by atoms with Crippen LogP contribution in [0.2, 0.25) is 5.02 Å². The Morgan fingerprint density at radius 2 is 2.37 bits per heavy atom. The fourth-order valence-corrected chi connectivity index (χ4v) is 2.50. The predicted octanol–water partition coefficient (Wildman–Crippen LogP) is 2.85. The number of carbonyl (C=O) groups is 1. The third kappa shape index (κ3) is 4.40. The average molecular weight is 282 g/mol. The molecule has 2 rings (SSSR count). The van der Waals surface area contributed by atoms with Gasteiger partial charge in [-0.2, -0.15) is 0 Å². The van der Waals surface area contributed by atoms with Gasteiger partial charge in [-0.25, -0.2) is 4.79 Å². The number of halogens is 1. The molecule has 19 heavy (non-hydrogen) atoms. The molecule has 1 aromatic carbocycles. The fraction of sp³-hybridized carbons (Fsp3) is 0.500. The molecule has 104 valence electrons. The van der Waals surface area contributed by atoms with Crippen LogP contribution in [0, 0.1) is 5.41 Å². The van der Waals surface area contributed by atoms with Crippen LogP contribution in [0.25, 0.3) is 0 Å². The van der Waals surface area contributed by atoms with Crippen molar-refractivity contribution >= 4 is 23.3 Å². The zero-order valence-electron chi connectivity index (χ0n) is 11.1. The Morgan fingerprint density at radius 3 is 3.05 bits per heavy atom. The highest BCUT2D eigenvalue weighted by Crippen LogP contribution is 2.24. The zero-order chi connectivity index (χ0) is 13.7. The number of piperidine rings is 1. The smallest absolute Gasteiger partial charge is 0.319 e. The highest BCUT2D eigenvalue weighted by atomic mass is 35.5. The van der Waals surface area contributed by atoms with Crippen molar-refractivity contribution in [3.05, 3.63) is 29.3 Å². The maximum Gasteiger partial charge on any atom is 0.319 e. The Balaban J connectivity index is 1.81. The number of urea groups is 1. The molecule has 1 aromatic rings. The summed E-state index contributed by atoms with van der Waals surface area (Å²) in [4.78, 5) is 11.8. The monoisotopic (exact) mass is 281 g/mol. The van der Waals surface area contributed by atoms with E-state index in [1.807, 2.05) is 12.1 Å². The first-order valence-electron chi connectivity index (χ1n) is 6.59. The number of nitrogens with one attached hydrogen (secondary N) is 3. The van der Waals surface area contributed by atoms with Crippen LogP contribution in [0.4, 0.5) is 10.5 Å². The number of rotatable bonds is 3. The third-order valence-electron chi connectivity index (χ3n) is 3.44. The zero-order valence-corrected chi connectivity index (χ0v) is 11.9. The molecule has 1 saturated heterocycles. The lowest BCUT2D eigenvalue weighted by molar-refractivity contribution is 0.217. The maximum atomic E-state index is 11.8. The van der Waals surface area contributed by atoms with Crippen LogP contribution in [-0.4, -0.2) is 25.7 Å². The van der Waals surface area contributed by atoms with Crippen LogP contribution in [0.3, 0.4) is 0 Å². The number of hydrogen-bond donors (Lipinski definition) is 3. The SMILES string of the molecule is CC1(CNC(=O)Nc2cccc(Cl)c2)CCCNC1. The van der Waals surface area contributed by atoms with Crippen LogP contribution >= 0.6 is 11.6 Å². The highest BCUT2D eigenvalue weighted by molar-refractivity contribution is 6.30. The second-order valence-electron chi connectivity index (χ2n) is 5.41. The maximum absolute atomic E-state index is 11.8. The normalized spacial score (nSPS) is 22.8. The summed E-state index contributed by atoms with van der Waals surface area (Å²) in [7, 11) is 0. The van der Waals surface area contributed by atoms with Gasteiger partial charge in [0.15, 0.2) is 0 Å². The van der Waals surface area contributed by atoms with E-state index >= 15 is 0 Å². The second-order valence-corrected chi connectivity index (χ2v) is 5.85. The van der Waals surface area contributed by atoms with Crippen molar-refractivity contribution in [2.24, 2.45) is 5.41 Å². The van der Waals surface area contributed by atoms with Gasteiger partial charge in [-0.15, -0.1) is 0 Å². The van der Waals surface area contributed by atoms with Gasteiger partial charge in [-0.05, 0) is 43.0 Å². The Kier molecular flexibility index (Phi) is 4.66. The lowest BCUT2D eigenvalue weighted by Crippen LogP contribution is -2.46. The number of anilines is 1. The number of benzene rings is 1. The van der Waals surface area contributed by atoms with Crippen molar-refractivity contribution in [1.29, 1.82) is 0 Å². The summed E-state index contributed by atoms with van der Waals surface area (Å²) in [5.41, 5.74) is 0.848. The van der Waals surface area contributed by atoms with Crippen LogP contribution in [-0.2, 0) is 0 Å². The molecule has 0 radical (unpaired) electrons. The van der Waals surface area contributed by atoms with Crippen molar-refractivity contribution < 1.29 is 4.79 Å². The summed E-state index contributed by atoms with van der Waals surface area (Å²) in [5.74, 6) is 0. The molecule has 1 fully saturated rings. The minimum absolute atomic E-state index is 0.143. The number of carbonyl (C=O) groups excluding carboxylic acids is 1. The van der Waals surface area contributed by atoms with E-state index in [1.165, 1.54) is 0 Å². The Morgan fingerprint density at radius 1 is 1.53 bits per heavy atom. The van der Waals surface area contributed by atoms with E-state index in [9.17, 15) is 4.79 Å². The molecule has 1 unspecified atom stereocenters. The Hall–Kier alpha value is -1.26. The summed E-state index contributed by atoms with van der Waals surface area (Å²) in [6.45, 7) is 4.89.